The Balaban J connectivity index is 0.00000180. The highest BCUT2D eigenvalue weighted by Crippen LogP contribution is 2.61. The Kier molecular flexibility index (Phi) is 7.94. The summed E-state index contributed by atoms with van der Waals surface area (Å²) in [5.41, 5.74) is 10.7. The first kappa shape index (κ1) is 31.8. The molecule has 6 atom stereocenters. The first-order chi connectivity index (χ1) is 20.2. The number of nitrogens with zero attached hydrogens (tertiary/aromatic N) is 1. The van der Waals surface area contributed by atoms with Crippen molar-refractivity contribution in [3.63, 3.8) is 0 Å². The maximum absolute atomic E-state index is 14.9. The average molecular weight is 588 g/mol. The van der Waals surface area contributed by atoms with Crippen molar-refractivity contribution in [3.8, 4) is 5.75 Å². The molecule has 0 aromatic heterocycles. The third-order valence-corrected chi connectivity index (χ3v) is 12.7. The molecular weight excluding hydrogens is 532 g/mol. The highest BCUT2D eigenvalue weighted by molar-refractivity contribution is 5.91. The summed E-state index contributed by atoms with van der Waals surface area (Å²) in [6.07, 6.45) is 9.32. The van der Waals surface area contributed by atoms with Crippen LogP contribution >= 0.6 is 0 Å². The number of amides is 2. The van der Waals surface area contributed by atoms with Crippen LogP contribution in [-0.4, -0.2) is 35.5 Å². The van der Waals surface area contributed by atoms with Crippen LogP contribution in [0.4, 0.5) is 5.69 Å². The molecule has 2 saturated carbocycles. The molecular formula is C38H55N2O3+. The number of carbonyl (C=O) groups excluding carboxylic acids is 2. The first-order valence-corrected chi connectivity index (χ1v) is 16.8. The van der Waals surface area contributed by atoms with Crippen LogP contribution in [0.25, 0.3) is 0 Å². The van der Waals surface area contributed by atoms with Crippen molar-refractivity contribution in [1.82, 2.24) is 0 Å². The molecule has 0 bridgehead atoms. The first-order valence-electron chi connectivity index (χ1n) is 16.8. The Bertz CT molecular complexity index is 1320. The van der Waals surface area contributed by atoms with Gasteiger partial charge in [0.05, 0.1) is 24.9 Å². The third kappa shape index (κ3) is 4.59. The van der Waals surface area contributed by atoms with Crippen LogP contribution in [-0.2, 0) is 33.3 Å². The van der Waals surface area contributed by atoms with Gasteiger partial charge in [-0.2, -0.15) is 0 Å². The smallest absolute Gasteiger partial charge is 0.326 e. The Morgan fingerprint density at radius 1 is 0.744 bits per heavy atom. The van der Waals surface area contributed by atoms with Crippen LogP contribution in [0.3, 0.4) is 0 Å². The minimum Gasteiger partial charge on any atom is -0.508 e. The maximum atomic E-state index is 14.9. The van der Waals surface area contributed by atoms with Gasteiger partial charge in [0, 0.05) is 5.69 Å². The van der Waals surface area contributed by atoms with Gasteiger partial charge in [0.25, 0.3) is 0 Å². The van der Waals surface area contributed by atoms with E-state index in [2.05, 4.69) is 45.9 Å². The van der Waals surface area contributed by atoms with Gasteiger partial charge in [0.1, 0.15) is 5.75 Å². The molecule has 43 heavy (non-hydrogen) atoms. The molecule has 2 amide bonds. The Labute approximate surface area is 259 Å². The predicted molar refractivity (Wildman–Crippen MR) is 175 cm³/mol. The molecule has 2 aromatic carbocycles. The minimum atomic E-state index is -0.614. The molecule has 2 aromatic rings. The van der Waals surface area contributed by atoms with E-state index in [4.69, 9.17) is 5.73 Å². The van der Waals surface area contributed by atoms with Crippen LogP contribution in [0, 0.1) is 22.7 Å². The molecule has 6 rings (SSSR count). The molecule has 0 heterocycles. The van der Waals surface area contributed by atoms with Crippen molar-refractivity contribution in [1.29, 1.82) is 0 Å². The largest absolute Gasteiger partial charge is 0.508 e. The van der Waals surface area contributed by atoms with Gasteiger partial charge < -0.3 is 10.8 Å². The van der Waals surface area contributed by atoms with E-state index in [9.17, 15) is 14.7 Å². The van der Waals surface area contributed by atoms with Crippen LogP contribution in [0.2, 0.25) is 0 Å². The number of phenols is 1. The molecule has 4 aliphatic carbocycles. The summed E-state index contributed by atoms with van der Waals surface area (Å²) in [4.78, 5) is 29.8. The van der Waals surface area contributed by atoms with Gasteiger partial charge in [-0.25, -0.2) is 14.1 Å². The Hall–Kier alpha value is -2.66. The zero-order valence-corrected chi connectivity index (χ0v) is 28.0. The molecule has 3 N–H and O–H groups in total. The summed E-state index contributed by atoms with van der Waals surface area (Å²) in [6, 6.07) is 12.1. The SMILES string of the molecule is CC.CC12CCC[C@](C)(C(=O)[N+](C)(C)C(=O)[C@@]3(C)CCCC4(C)c5cc(O)ccc5CCC43)C1CCc1ccc(N)cc12. The maximum Gasteiger partial charge on any atom is 0.326 e. The van der Waals surface area contributed by atoms with Crippen LogP contribution in [0.5, 0.6) is 5.75 Å². The third-order valence-electron chi connectivity index (χ3n) is 12.7. The Morgan fingerprint density at radius 3 is 1.67 bits per heavy atom. The number of nitrogen functional groups attached to an aromatic ring is 1. The number of hydrogen-bond donors (Lipinski definition) is 2. The van der Waals surface area contributed by atoms with E-state index in [-0.39, 0.29) is 39.0 Å². The second-order valence-electron chi connectivity index (χ2n) is 15.4. The van der Waals surface area contributed by atoms with Gasteiger partial charge in [-0.3, -0.25) is 0 Å². The number of anilines is 1. The molecule has 4 aliphatic rings. The topological polar surface area (TPSA) is 80.4 Å². The Morgan fingerprint density at radius 2 is 1.19 bits per heavy atom. The van der Waals surface area contributed by atoms with Crippen LogP contribution < -0.4 is 5.73 Å². The van der Waals surface area contributed by atoms with E-state index in [1.54, 1.807) is 6.07 Å². The van der Waals surface area contributed by atoms with Crippen molar-refractivity contribution in [2.75, 3.05) is 19.8 Å². The number of imide groups is 1. The molecule has 0 saturated heterocycles. The lowest BCUT2D eigenvalue weighted by Gasteiger charge is -2.57. The van der Waals surface area contributed by atoms with Crippen LogP contribution in [0.15, 0.2) is 36.4 Å². The highest BCUT2D eigenvalue weighted by Gasteiger charge is 2.64. The van der Waals surface area contributed by atoms with Crippen LogP contribution in [0.1, 0.15) is 115 Å². The summed E-state index contributed by atoms with van der Waals surface area (Å²) in [7, 11) is 3.74. The standard InChI is InChI=1S/C36H48N2O3.C2H6/c1-33-17-7-19-35(3,29(33)15-11-23-9-13-25(37)21-27(23)33)31(40)38(5,6)32(41)36(4)20-8-18-34(2)28-22-26(39)14-10-24(28)12-16-30(34)36;1-2/h9-10,13-14,21-22,29-30H,7-8,11-12,15-20,37H2,1-6H3;1-2H3/p+1/t29?,30?,33?,34?,35-,36-;/m0./s1. The van der Waals surface area contributed by atoms with Gasteiger partial charge in [-0.1, -0.05) is 52.7 Å². The lowest BCUT2D eigenvalue weighted by Crippen LogP contribution is -2.67. The van der Waals surface area contributed by atoms with E-state index < -0.39 is 10.8 Å². The number of carbonyl (C=O) groups is 2. The van der Waals surface area contributed by atoms with Crippen molar-refractivity contribution in [3.05, 3.63) is 58.7 Å². The second-order valence-corrected chi connectivity index (χ2v) is 15.4. The summed E-state index contributed by atoms with van der Waals surface area (Å²) >= 11 is 0. The van der Waals surface area contributed by atoms with Gasteiger partial charge in [-0.05, 0) is 134 Å². The van der Waals surface area contributed by atoms with Gasteiger partial charge in [0.15, 0.2) is 0 Å². The number of nitrogens with two attached hydrogens (primary N) is 1. The lowest BCUT2D eigenvalue weighted by molar-refractivity contribution is -0.745. The van der Waals surface area contributed by atoms with Gasteiger partial charge in [0.2, 0.25) is 0 Å². The van der Waals surface area contributed by atoms with Crippen molar-refractivity contribution in [2.45, 2.75) is 117 Å². The van der Waals surface area contributed by atoms with Gasteiger partial charge in [-0.15, -0.1) is 0 Å². The molecule has 0 spiro atoms. The van der Waals surface area contributed by atoms with Crippen molar-refractivity contribution < 1.29 is 19.2 Å². The molecule has 0 radical (unpaired) electrons. The zero-order valence-electron chi connectivity index (χ0n) is 28.0. The number of fused-ring (bicyclic) bond motifs is 6. The summed E-state index contributed by atoms with van der Waals surface area (Å²) in [6.45, 7) is 12.9. The molecule has 4 unspecified atom stereocenters. The predicted octanol–water partition coefficient (Wildman–Crippen LogP) is 7.85. The monoisotopic (exact) mass is 587 g/mol. The van der Waals surface area contributed by atoms with E-state index in [1.165, 1.54) is 22.3 Å². The summed E-state index contributed by atoms with van der Waals surface area (Å²) in [5.74, 6) is 0.734. The highest BCUT2D eigenvalue weighted by atomic mass is 16.3. The number of phenolic OH excluding ortho intramolecular Hbond substituents is 1. The number of quaternary nitrogens is 1. The van der Waals surface area contributed by atoms with E-state index in [0.29, 0.717) is 5.75 Å². The molecule has 5 heteroatoms. The number of aromatic hydroxyl groups is 1. The number of benzene rings is 2. The number of rotatable bonds is 2. The van der Waals surface area contributed by atoms with Gasteiger partial charge >= 0.3 is 11.8 Å². The number of aryl methyl sites for hydroxylation is 2. The molecule has 0 aliphatic heterocycles. The fraction of sp³-hybridized carbons (Fsp3) is 0.632. The van der Waals surface area contributed by atoms with E-state index in [1.807, 2.05) is 40.1 Å². The molecule has 5 nitrogen and oxygen atoms in total. The number of hydrogen-bond acceptors (Lipinski definition) is 4. The second kappa shape index (κ2) is 10.8. The minimum absolute atomic E-state index is 0.0657. The fourth-order valence-electron chi connectivity index (χ4n) is 10.8. The summed E-state index contributed by atoms with van der Waals surface area (Å²) < 4.78 is -0.206. The van der Waals surface area contributed by atoms with E-state index >= 15 is 0 Å². The average Bonchev–Trinajstić information content (AvgIpc) is 2.97. The lowest BCUT2D eigenvalue weighted by atomic mass is 9.48. The quantitative estimate of drug-likeness (QED) is 0.213. The fourth-order valence-corrected chi connectivity index (χ4v) is 10.8. The van der Waals surface area contributed by atoms with E-state index in [0.717, 1.165) is 69.9 Å². The molecule has 2 fully saturated rings. The van der Waals surface area contributed by atoms with Crippen molar-refractivity contribution >= 4 is 17.5 Å². The van der Waals surface area contributed by atoms with Crippen molar-refractivity contribution in [2.24, 2.45) is 22.7 Å². The normalized spacial score (nSPS) is 34.8. The molecule has 234 valence electrons. The zero-order chi connectivity index (χ0) is 31.6. The summed E-state index contributed by atoms with van der Waals surface area (Å²) in [5, 5.41) is 10.4.